The van der Waals surface area contributed by atoms with E-state index in [1.807, 2.05) is 0 Å². The van der Waals surface area contributed by atoms with Crippen molar-refractivity contribution in [3.8, 4) is 0 Å². The standard InChI is InChI=1S/C14H18ClFO/c1-14(2,3)7-6-12(17)8-10-4-5-11(16)9-13(10)15/h4-5,9H,6-8H2,1-3H3. The van der Waals surface area contributed by atoms with Gasteiger partial charge in [0.05, 0.1) is 0 Å². The molecule has 0 aliphatic carbocycles. The summed E-state index contributed by atoms with van der Waals surface area (Å²) in [6.45, 7) is 6.31. The molecule has 1 aromatic rings. The number of Topliss-reactive ketones (excluding diaryl/α,β-unsaturated/α-hetero) is 1. The Bertz CT molecular complexity index is 407. The fourth-order valence-corrected chi connectivity index (χ4v) is 1.71. The normalized spacial score (nSPS) is 11.6. The summed E-state index contributed by atoms with van der Waals surface area (Å²) in [4.78, 5) is 11.7. The Hall–Kier alpha value is -0.890. The van der Waals surface area contributed by atoms with Gasteiger partial charge in [0.1, 0.15) is 11.6 Å². The van der Waals surface area contributed by atoms with Crippen LogP contribution in [0.5, 0.6) is 0 Å². The van der Waals surface area contributed by atoms with Crippen molar-refractivity contribution >= 4 is 17.4 Å². The summed E-state index contributed by atoms with van der Waals surface area (Å²) in [5.74, 6) is -0.227. The van der Waals surface area contributed by atoms with Gasteiger partial charge in [0.25, 0.3) is 0 Å². The van der Waals surface area contributed by atoms with Gasteiger partial charge in [-0.3, -0.25) is 4.79 Å². The fourth-order valence-electron chi connectivity index (χ4n) is 1.48. The first-order chi connectivity index (χ1) is 7.78. The van der Waals surface area contributed by atoms with Crippen molar-refractivity contribution in [1.82, 2.24) is 0 Å². The number of hydrogen-bond acceptors (Lipinski definition) is 1. The van der Waals surface area contributed by atoms with E-state index in [2.05, 4.69) is 20.8 Å². The molecule has 0 saturated carbocycles. The van der Waals surface area contributed by atoms with E-state index in [0.29, 0.717) is 17.0 Å². The molecule has 0 aliphatic rings. The molecular weight excluding hydrogens is 239 g/mol. The molecule has 0 radical (unpaired) electrons. The van der Waals surface area contributed by atoms with Crippen LogP contribution >= 0.6 is 11.6 Å². The van der Waals surface area contributed by atoms with Crippen molar-refractivity contribution in [3.05, 3.63) is 34.6 Å². The fraction of sp³-hybridized carbons (Fsp3) is 0.500. The van der Waals surface area contributed by atoms with Crippen LogP contribution in [-0.4, -0.2) is 5.78 Å². The number of halogens is 2. The lowest BCUT2D eigenvalue weighted by atomic mass is 9.89. The molecule has 0 unspecified atom stereocenters. The average Bonchev–Trinajstić information content (AvgIpc) is 2.18. The minimum absolute atomic E-state index is 0.147. The maximum absolute atomic E-state index is 12.8. The van der Waals surface area contributed by atoms with Gasteiger partial charge in [0.15, 0.2) is 0 Å². The van der Waals surface area contributed by atoms with Gasteiger partial charge in [0.2, 0.25) is 0 Å². The van der Waals surface area contributed by atoms with Crippen LogP contribution in [0.15, 0.2) is 18.2 Å². The summed E-state index contributed by atoms with van der Waals surface area (Å²) in [6.07, 6.45) is 1.68. The molecule has 0 heterocycles. The highest BCUT2D eigenvalue weighted by Crippen LogP contribution is 2.23. The van der Waals surface area contributed by atoms with Crippen LogP contribution < -0.4 is 0 Å². The summed E-state index contributed by atoms with van der Waals surface area (Å²) in [6, 6.07) is 4.15. The Labute approximate surface area is 107 Å². The number of carbonyl (C=O) groups is 1. The molecule has 0 aromatic heterocycles. The van der Waals surface area contributed by atoms with Crippen molar-refractivity contribution in [1.29, 1.82) is 0 Å². The van der Waals surface area contributed by atoms with E-state index >= 15 is 0 Å². The van der Waals surface area contributed by atoms with Crippen LogP contribution in [0.4, 0.5) is 4.39 Å². The second-order valence-electron chi connectivity index (χ2n) is 5.51. The Morgan fingerprint density at radius 2 is 2.00 bits per heavy atom. The van der Waals surface area contributed by atoms with Crippen molar-refractivity contribution < 1.29 is 9.18 Å². The van der Waals surface area contributed by atoms with Gasteiger partial charge in [-0.2, -0.15) is 0 Å². The van der Waals surface area contributed by atoms with Crippen molar-refractivity contribution in [3.63, 3.8) is 0 Å². The van der Waals surface area contributed by atoms with E-state index in [1.54, 1.807) is 6.07 Å². The lowest BCUT2D eigenvalue weighted by Crippen LogP contribution is -2.10. The van der Waals surface area contributed by atoms with E-state index in [9.17, 15) is 9.18 Å². The largest absolute Gasteiger partial charge is 0.299 e. The number of benzene rings is 1. The van der Waals surface area contributed by atoms with Gasteiger partial charge >= 0.3 is 0 Å². The van der Waals surface area contributed by atoms with Crippen LogP contribution in [0.2, 0.25) is 5.02 Å². The van der Waals surface area contributed by atoms with Gasteiger partial charge in [-0.25, -0.2) is 4.39 Å². The summed E-state index contributed by atoms with van der Waals surface area (Å²) < 4.78 is 12.8. The first kappa shape index (κ1) is 14.2. The monoisotopic (exact) mass is 256 g/mol. The first-order valence-electron chi connectivity index (χ1n) is 5.73. The van der Waals surface area contributed by atoms with E-state index < -0.39 is 0 Å². The molecule has 0 N–H and O–H groups in total. The van der Waals surface area contributed by atoms with Gasteiger partial charge < -0.3 is 0 Å². The second kappa shape index (κ2) is 5.63. The lowest BCUT2D eigenvalue weighted by Gasteiger charge is -2.17. The summed E-state index contributed by atoms with van der Waals surface area (Å²) in [7, 11) is 0. The third kappa shape index (κ3) is 5.31. The molecule has 3 heteroatoms. The topological polar surface area (TPSA) is 17.1 Å². The Kier molecular flexibility index (Phi) is 4.70. The predicted octanol–water partition coefficient (Wildman–Crippen LogP) is 4.42. The smallest absolute Gasteiger partial charge is 0.137 e. The zero-order valence-electron chi connectivity index (χ0n) is 10.5. The lowest BCUT2D eigenvalue weighted by molar-refractivity contribution is -0.118. The minimum Gasteiger partial charge on any atom is -0.299 e. The van der Waals surface area contributed by atoms with Crippen LogP contribution in [-0.2, 0) is 11.2 Å². The van der Waals surface area contributed by atoms with Crippen LogP contribution in [0.3, 0.4) is 0 Å². The molecule has 94 valence electrons. The molecule has 0 fully saturated rings. The average molecular weight is 257 g/mol. The van der Waals surface area contributed by atoms with Crippen LogP contribution in [0.1, 0.15) is 39.2 Å². The van der Waals surface area contributed by atoms with E-state index in [-0.39, 0.29) is 23.4 Å². The Morgan fingerprint density at radius 1 is 1.35 bits per heavy atom. The summed E-state index contributed by atoms with van der Waals surface area (Å²) in [5.41, 5.74) is 0.856. The highest BCUT2D eigenvalue weighted by molar-refractivity contribution is 6.31. The summed E-state index contributed by atoms with van der Waals surface area (Å²) in [5, 5.41) is 0.328. The molecule has 0 amide bonds. The molecule has 17 heavy (non-hydrogen) atoms. The van der Waals surface area contributed by atoms with Crippen LogP contribution in [0, 0.1) is 11.2 Å². The number of ketones is 1. The van der Waals surface area contributed by atoms with Crippen molar-refractivity contribution in [2.24, 2.45) is 5.41 Å². The van der Waals surface area contributed by atoms with Gasteiger partial charge in [-0.05, 0) is 29.5 Å². The minimum atomic E-state index is -0.374. The number of carbonyl (C=O) groups excluding carboxylic acids is 1. The molecule has 1 rings (SSSR count). The van der Waals surface area contributed by atoms with Gasteiger partial charge in [0, 0.05) is 17.9 Å². The van der Waals surface area contributed by atoms with E-state index in [0.717, 1.165) is 6.42 Å². The zero-order chi connectivity index (χ0) is 13.1. The Morgan fingerprint density at radius 3 is 2.53 bits per heavy atom. The third-order valence-corrected chi connectivity index (χ3v) is 2.91. The molecule has 0 aliphatic heterocycles. The number of rotatable bonds is 4. The highest BCUT2D eigenvalue weighted by atomic mass is 35.5. The summed E-state index contributed by atoms with van der Waals surface area (Å²) >= 11 is 5.87. The quantitative estimate of drug-likeness (QED) is 0.780. The molecule has 0 bridgehead atoms. The van der Waals surface area contributed by atoms with E-state index in [4.69, 9.17) is 11.6 Å². The van der Waals surface area contributed by atoms with Gasteiger partial charge in [-0.15, -0.1) is 0 Å². The van der Waals surface area contributed by atoms with Crippen molar-refractivity contribution in [2.75, 3.05) is 0 Å². The number of hydrogen-bond donors (Lipinski definition) is 0. The predicted molar refractivity (Wildman–Crippen MR) is 68.8 cm³/mol. The Balaban J connectivity index is 2.57. The molecular formula is C14H18ClFO. The van der Waals surface area contributed by atoms with Crippen molar-refractivity contribution in [2.45, 2.75) is 40.0 Å². The molecule has 0 atom stereocenters. The zero-order valence-corrected chi connectivity index (χ0v) is 11.3. The third-order valence-electron chi connectivity index (χ3n) is 2.56. The molecule has 0 spiro atoms. The second-order valence-corrected chi connectivity index (χ2v) is 5.92. The van der Waals surface area contributed by atoms with E-state index in [1.165, 1.54) is 12.1 Å². The highest BCUT2D eigenvalue weighted by Gasteiger charge is 2.14. The van der Waals surface area contributed by atoms with Crippen LogP contribution in [0.25, 0.3) is 0 Å². The first-order valence-corrected chi connectivity index (χ1v) is 6.11. The molecule has 1 aromatic carbocycles. The molecule has 1 nitrogen and oxygen atoms in total. The SMILES string of the molecule is CC(C)(C)CCC(=O)Cc1ccc(F)cc1Cl. The molecule has 0 saturated heterocycles. The maximum Gasteiger partial charge on any atom is 0.137 e. The van der Waals surface area contributed by atoms with Gasteiger partial charge in [-0.1, -0.05) is 38.4 Å². The maximum atomic E-state index is 12.8.